The molecule has 1 amide bonds. The van der Waals surface area contributed by atoms with E-state index in [1.54, 1.807) is 0 Å². The summed E-state index contributed by atoms with van der Waals surface area (Å²) < 4.78 is 0. The van der Waals surface area contributed by atoms with Crippen LogP contribution in [0.3, 0.4) is 0 Å². The average Bonchev–Trinajstić information content (AvgIpc) is 2.54. The third-order valence-corrected chi connectivity index (χ3v) is 4.60. The fraction of sp³-hybridized carbons (Fsp3) is 0.500. The number of hydrogen-bond donors (Lipinski definition) is 2. The zero-order chi connectivity index (χ0) is 14.5. The van der Waals surface area contributed by atoms with E-state index in [9.17, 15) is 4.79 Å². The van der Waals surface area contributed by atoms with Crippen molar-refractivity contribution in [2.75, 3.05) is 19.6 Å². The number of fused-ring (bicyclic) bond motifs is 1. The Labute approximate surface area is 139 Å². The number of benzene rings is 1. The second-order valence-electron chi connectivity index (χ2n) is 6.09. The molecule has 2 aliphatic rings. The van der Waals surface area contributed by atoms with E-state index in [2.05, 4.69) is 41.0 Å². The van der Waals surface area contributed by atoms with Gasteiger partial charge >= 0.3 is 0 Å². The molecule has 1 atom stereocenters. The number of halogens is 1. The van der Waals surface area contributed by atoms with Crippen LogP contribution in [0, 0.1) is 0 Å². The van der Waals surface area contributed by atoms with Crippen molar-refractivity contribution in [3.8, 4) is 0 Å². The summed E-state index contributed by atoms with van der Waals surface area (Å²) in [4.78, 5) is 12.2. The van der Waals surface area contributed by atoms with Crippen LogP contribution in [0.5, 0.6) is 0 Å². The molecule has 0 saturated carbocycles. The van der Waals surface area contributed by atoms with Crippen molar-refractivity contribution in [2.45, 2.75) is 38.0 Å². The van der Waals surface area contributed by atoms with Crippen LogP contribution in [0.2, 0.25) is 0 Å². The van der Waals surface area contributed by atoms with Crippen molar-refractivity contribution >= 4 is 18.3 Å². The van der Waals surface area contributed by atoms with Crippen LogP contribution < -0.4 is 10.6 Å². The van der Waals surface area contributed by atoms with Crippen LogP contribution in [0.15, 0.2) is 35.9 Å². The summed E-state index contributed by atoms with van der Waals surface area (Å²) >= 11 is 0. The second kappa shape index (κ2) is 8.35. The van der Waals surface area contributed by atoms with Crippen LogP contribution in [-0.2, 0) is 11.2 Å². The fourth-order valence-electron chi connectivity index (χ4n) is 3.40. The van der Waals surface area contributed by atoms with Crippen LogP contribution in [0.4, 0.5) is 0 Å². The molecule has 2 N–H and O–H groups in total. The zero-order valence-electron chi connectivity index (χ0n) is 12.9. The standard InChI is InChI=1S/C18H24N2O.ClH/c21-18(20-13-14-8-10-19-11-9-14)12-16-6-3-5-15-4-1-2-7-17(15)16;/h1-2,4,7-8,16,19H,3,5-6,9-13H2,(H,20,21);1H. The second-order valence-corrected chi connectivity index (χ2v) is 6.09. The van der Waals surface area contributed by atoms with Crippen molar-refractivity contribution in [3.63, 3.8) is 0 Å². The molecule has 1 heterocycles. The van der Waals surface area contributed by atoms with Gasteiger partial charge in [-0.3, -0.25) is 4.79 Å². The number of carbonyl (C=O) groups excluding carboxylic acids is 1. The van der Waals surface area contributed by atoms with Gasteiger partial charge in [0.1, 0.15) is 0 Å². The third-order valence-electron chi connectivity index (χ3n) is 4.60. The summed E-state index contributed by atoms with van der Waals surface area (Å²) in [6.07, 6.45) is 7.37. The van der Waals surface area contributed by atoms with Crippen molar-refractivity contribution in [2.24, 2.45) is 0 Å². The zero-order valence-corrected chi connectivity index (χ0v) is 13.8. The lowest BCUT2D eigenvalue weighted by Gasteiger charge is -2.25. The highest BCUT2D eigenvalue weighted by atomic mass is 35.5. The summed E-state index contributed by atoms with van der Waals surface area (Å²) in [5.74, 6) is 0.591. The highest BCUT2D eigenvalue weighted by molar-refractivity contribution is 5.85. The molecular weight excluding hydrogens is 296 g/mol. The van der Waals surface area contributed by atoms with E-state index in [1.165, 1.54) is 23.1 Å². The molecule has 1 aliphatic carbocycles. The summed E-state index contributed by atoms with van der Waals surface area (Å²) in [7, 11) is 0. The predicted octanol–water partition coefficient (Wildman–Crippen LogP) is 2.95. The van der Waals surface area contributed by atoms with E-state index in [4.69, 9.17) is 0 Å². The first-order chi connectivity index (χ1) is 10.3. The Morgan fingerprint density at radius 3 is 2.95 bits per heavy atom. The van der Waals surface area contributed by atoms with Crippen molar-refractivity contribution in [1.82, 2.24) is 10.6 Å². The minimum atomic E-state index is 0. The maximum Gasteiger partial charge on any atom is 0.220 e. The molecule has 1 unspecified atom stereocenters. The number of carbonyl (C=O) groups is 1. The first-order valence-electron chi connectivity index (χ1n) is 8.06. The predicted molar refractivity (Wildman–Crippen MR) is 92.6 cm³/mol. The first kappa shape index (κ1) is 17.0. The van der Waals surface area contributed by atoms with E-state index >= 15 is 0 Å². The van der Waals surface area contributed by atoms with Crippen LogP contribution in [-0.4, -0.2) is 25.5 Å². The Morgan fingerprint density at radius 1 is 1.27 bits per heavy atom. The molecule has 0 spiro atoms. The molecule has 3 nitrogen and oxygen atoms in total. The van der Waals surface area contributed by atoms with E-state index in [-0.39, 0.29) is 18.3 Å². The van der Waals surface area contributed by atoms with Crippen LogP contribution >= 0.6 is 12.4 Å². The van der Waals surface area contributed by atoms with Gasteiger partial charge < -0.3 is 10.6 Å². The third kappa shape index (κ3) is 4.34. The van der Waals surface area contributed by atoms with Gasteiger partial charge in [-0.2, -0.15) is 0 Å². The number of aryl methyl sites for hydroxylation is 1. The van der Waals surface area contributed by atoms with Gasteiger partial charge in [0.25, 0.3) is 0 Å². The molecule has 1 aromatic rings. The molecule has 22 heavy (non-hydrogen) atoms. The van der Waals surface area contributed by atoms with Gasteiger partial charge in [-0.25, -0.2) is 0 Å². The Hall–Kier alpha value is -1.32. The van der Waals surface area contributed by atoms with Crippen molar-refractivity contribution in [3.05, 3.63) is 47.0 Å². The molecule has 0 saturated heterocycles. The Kier molecular flexibility index (Phi) is 6.47. The lowest BCUT2D eigenvalue weighted by molar-refractivity contribution is -0.121. The van der Waals surface area contributed by atoms with Gasteiger partial charge in [-0.05, 0) is 49.3 Å². The quantitative estimate of drug-likeness (QED) is 0.837. The Bertz CT molecular complexity index is 542. The first-order valence-corrected chi connectivity index (χ1v) is 8.06. The fourth-order valence-corrected chi connectivity index (χ4v) is 3.40. The molecule has 0 aromatic heterocycles. The topological polar surface area (TPSA) is 41.1 Å². The maximum absolute atomic E-state index is 12.2. The van der Waals surface area contributed by atoms with Gasteiger partial charge in [0, 0.05) is 19.5 Å². The summed E-state index contributed by atoms with van der Waals surface area (Å²) in [6.45, 7) is 2.67. The molecule has 1 aromatic carbocycles. The van der Waals surface area contributed by atoms with E-state index in [1.807, 2.05) is 0 Å². The molecule has 0 radical (unpaired) electrons. The van der Waals surface area contributed by atoms with Gasteiger partial charge in [0.15, 0.2) is 0 Å². The number of amides is 1. The van der Waals surface area contributed by atoms with E-state index in [0.29, 0.717) is 12.3 Å². The molecule has 3 rings (SSSR count). The molecule has 1 aliphatic heterocycles. The maximum atomic E-state index is 12.2. The van der Waals surface area contributed by atoms with E-state index < -0.39 is 0 Å². The SMILES string of the molecule is Cl.O=C(CC1CCCc2ccccc21)NCC1=CCNCC1. The number of hydrogen-bond acceptors (Lipinski definition) is 2. The summed E-state index contributed by atoms with van der Waals surface area (Å²) in [5, 5.41) is 6.39. The normalized spacial score (nSPS) is 20.4. The van der Waals surface area contributed by atoms with Crippen molar-refractivity contribution < 1.29 is 4.79 Å². The largest absolute Gasteiger partial charge is 0.352 e. The molecule has 4 heteroatoms. The van der Waals surface area contributed by atoms with Crippen LogP contribution in [0.1, 0.15) is 42.7 Å². The number of nitrogens with one attached hydrogen (secondary N) is 2. The smallest absolute Gasteiger partial charge is 0.220 e. The van der Waals surface area contributed by atoms with Gasteiger partial charge in [-0.15, -0.1) is 12.4 Å². The molecule has 0 fully saturated rings. The molecule has 0 bridgehead atoms. The monoisotopic (exact) mass is 320 g/mol. The van der Waals surface area contributed by atoms with Gasteiger partial charge in [-0.1, -0.05) is 35.9 Å². The Morgan fingerprint density at radius 2 is 2.14 bits per heavy atom. The lowest BCUT2D eigenvalue weighted by Crippen LogP contribution is -2.30. The summed E-state index contributed by atoms with van der Waals surface area (Å²) in [5.41, 5.74) is 4.17. The Balaban J connectivity index is 0.00000176. The van der Waals surface area contributed by atoms with E-state index in [0.717, 1.165) is 38.9 Å². The number of rotatable bonds is 4. The highest BCUT2D eigenvalue weighted by Crippen LogP contribution is 2.33. The van der Waals surface area contributed by atoms with Gasteiger partial charge in [0.05, 0.1) is 0 Å². The van der Waals surface area contributed by atoms with Gasteiger partial charge in [0.2, 0.25) is 5.91 Å². The highest BCUT2D eigenvalue weighted by Gasteiger charge is 2.22. The van der Waals surface area contributed by atoms with Crippen LogP contribution in [0.25, 0.3) is 0 Å². The molecular formula is C18H25ClN2O. The van der Waals surface area contributed by atoms with Crippen molar-refractivity contribution in [1.29, 1.82) is 0 Å². The lowest BCUT2D eigenvalue weighted by atomic mass is 9.81. The molecule has 120 valence electrons. The summed E-state index contributed by atoms with van der Waals surface area (Å²) in [6, 6.07) is 8.60. The minimum Gasteiger partial charge on any atom is -0.352 e. The minimum absolute atomic E-state index is 0. The average molecular weight is 321 g/mol.